The number of para-hydroxylation sites is 1. The molecule has 3 aromatic carbocycles. The van der Waals surface area contributed by atoms with Crippen LogP contribution in [0.1, 0.15) is 54.9 Å². The Labute approximate surface area is 222 Å². The molecule has 0 unspecified atom stereocenters. The zero-order chi connectivity index (χ0) is 26.5. The van der Waals surface area contributed by atoms with Gasteiger partial charge in [0.1, 0.15) is 5.75 Å². The number of benzene rings is 3. The third kappa shape index (κ3) is 5.68. The zero-order valence-corrected chi connectivity index (χ0v) is 21.5. The first-order valence-corrected chi connectivity index (χ1v) is 13.2. The van der Waals surface area contributed by atoms with E-state index < -0.39 is 18.1 Å². The van der Waals surface area contributed by atoms with Crippen LogP contribution in [-0.4, -0.2) is 41.1 Å². The van der Waals surface area contributed by atoms with E-state index in [-0.39, 0.29) is 25.0 Å². The second-order valence-corrected chi connectivity index (χ2v) is 9.90. The number of rotatable bonds is 9. The van der Waals surface area contributed by atoms with Gasteiger partial charge in [-0.3, -0.25) is 9.59 Å². The number of amides is 1. The molecule has 0 saturated heterocycles. The number of hydrogen-bond acceptors (Lipinski definition) is 5. The fourth-order valence-corrected chi connectivity index (χ4v) is 5.47. The quantitative estimate of drug-likeness (QED) is 0.381. The van der Waals surface area contributed by atoms with Crippen LogP contribution in [0.25, 0.3) is 0 Å². The molecule has 0 bridgehead atoms. The van der Waals surface area contributed by atoms with Crippen molar-refractivity contribution < 1.29 is 28.9 Å². The minimum absolute atomic E-state index is 0.0225. The van der Waals surface area contributed by atoms with E-state index >= 15 is 0 Å². The normalized spacial score (nSPS) is 18.0. The fourth-order valence-electron chi connectivity index (χ4n) is 5.47. The maximum Gasteiger partial charge on any atom is 0.305 e. The van der Waals surface area contributed by atoms with Crippen LogP contribution in [0.2, 0.25) is 0 Å². The molecule has 1 amide bonds. The summed E-state index contributed by atoms with van der Waals surface area (Å²) >= 11 is 0. The molecule has 5 rings (SSSR count). The number of aliphatic carboxylic acids is 1. The molecule has 0 aromatic heterocycles. The lowest BCUT2D eigenvalue weighted by Gasteiger charge is -2.39. The van der Waals surface area contributed by atoms with Gasteiger partial charge in [0.15, 0.2) is 17.6 Å². The molecule has 1 saturated carbocycles. The molecular formula is C31H33NO6. The highest BCUT2D eigenvalue weighted by Gasteiger charge is 2.38. The number of fused-ring (bicyclic) bond motifs is 1. The molecule has 3 aromatic rings. The molecule has 7 heteroatoms. The fraction of sp³-hybridized carbons (Fsp3) is 0.355. The lowest BCUT2D eigenvalue weighted by atomic mass is 9.90. The third-order valence-electron chi connectivity index (χ3n) is 7.38. The summed E-state index contributed by atoms with van der Waals surface area (Å²) in [7, 11) is 1.58. The monoisotopic (exact) mass is 515 g/mol. The molecule has 2 aliphatic rings. The molecular weight excluding hydrogens is 482 g/mol. The van der Waals surface area contributed by atoms with Crippen LogP contribution < -0.4 is 9.47 Å². The van der Waals surface area contributed by atoms with Crippen LogP contribution in [0.4, 0.5) is 0 Å². The van der Waals surface area contributed by atoms with Gasteiger partial charge in [-0.15, -0.1) is 0 Å². The van der Waals surface area contributed by atoms with Gasteiger partial charge in [0.2, 0.25) is 0 Å². The second-order valence-electron chi connectivity index (χ2n) is 9.90. The summed E-state index contributed by atoms with van der Waals surface area (Å²) in [6.07, 6.45) is 3.42. The van der Waals surface area contributed by atoms with Gasteiger partial charge in [0, 0.05) is 18.2 Å². The Morgan fingerprint density at radius 3 is 2.32 bits per heavy atom. The highest BCUT2D eigenvalue weighted by molar-refractivity contribution is 5.84. The summed E-state index contributed by atoms with van der Waals surface area (Å²) in [6, 6.07) is 22.1. The molecule has 1 aliphatic heterocycles. The summed E-state index contributed by atoms with van der Waals surface area (Å²) in [4.78, 5) is 27.8. The van der Waals surface area contributed by atoms with Gasteiger partial charge in [-0.1, -0.05) is 67.4 Å². The summed E-state index contributed by atoms with van der Waals surface area (Å²) in [5.74, 6) is 0.606. The van der Waals surface area contributed by atoms with E-state index in [2.05, 4.69) is 0 Å². The minimum atomic E-state index is -0.961. The third-order valence-corrected chi connectivity index (χ3v) is 7.38. The number of methoxy groups -OCH3 is 1. The van der Waals surface area contributed by atoms with Crippen LogP contribution in [0, 0.1) is 0 Å². The van der Waals surface area contributed by atoms with E-state index in [9.17, 15) is 14.7 Å². The van der Waals surface area contributed by atoms with Crippen molar-refractivity contribution in [1.82, 2.24) is 4.90 Å². The highest BCUT2D eigenvalue weighted by atomic mass is 16.5. The van der Waals surface area contributed by atoms with Crippen molar-refractivity contribution in [3.8, 4) is 17.2 Å². The van der Waals surface area contributed by atoms with Gasteiger partial charge in [-0.05, 0) is 48.6 Å². The maximum absolute atomic E-state index is 14.1. The summed E-state index contributed by atoms with van der Waals surface area (Å²) < 4.78 is 18.3. The Kier molecular flexibility index (Phi) is 7.94. The Bertz CT molecular complexity index is 1260. The van der Waals surface area contributed by atoms with E-state index in [1.54, 1.807) is 12.0 Å². The maximum atomic E-state index is 14.1. The molecule has 0 radical (unpaired) electrons. The predicted molar refractivity (Wildman–Crippen MR) is 142 cm³/mol. The molecule has 1 aliphatic carbocycles. The van der Waals surface area contributed by atoms with Crippen molar-refractivity contribution in [2.75, 3.05) is 7.11 Å². The summed E-state index contributed by atoms with van der Waals surface area (Å²) in [6.45, 7) is 0.263. The van der Waals surface area contributed by atoms with E-state index in [0.29, 0.717) is 23.7 Å². The first-order valence-electron chi connectivity index (χ1n) is 13.2. The molecule has 2 atom stereocenters. The molecule has 1 heterocycles. The highest BCUT2D eigenvalue weighted by Crippen LogP contribution is 2.42. The second kappa shape index (κ2) is 11.7. The Balaban J connectivity index is 1.50. The first kappa shape index (κ1) is 25.8. The molecule has 1 N–H and O–H groups in total. The van der Waals surface area contributed by atoms with Gasteiger partial charge < -0.3 is 24.2 Å². The van der Waals surface area contributed by atoms with E-state index in [1.165, 1.54) is 0 Å². The number of carboxylic acid groups (broad SMARTS) is 1. The van der Waals surface area contributed by atoms with Crippen molar-refractivity contribution in [2.24, 2.45) is 0 Å². The van der Waals surface area contributed by atoms with Gasteiger partial charge in [0.25, 0.3) is 5.91 Å². The van der Waals surface area contributed by atoms with Crippen LogP contribution in [-0.2, 0) is 27.3 Å². The van der Waals surface area contributed by atoms with Gasteiger partial charge >= 0.3 is 5.97 Å². The topological polar surface area (TPSA) is 85.3 Å². The smallest absolute Gasteiger partial charge is 0.305 e. The van der Waals surface area contributed by atoms with Crippen molar-refractivity contribution in [3.63, 3.8) is 0 Å². The number of hydrogen-bond donors (Lipinski definition) is 1. The van der Waals surface area contributed by atoms with E-state index in [0.717, 1.165) is 42.4 Å². The predicted octanol–water partition coefficient (Wildman–Crippen LogP) is 5.92. The van der Waals surface area contributed by atoms with Crippen molar-refractivity contribution >= 4 is 11.9 Å². The number of carboxylic acids is 1. The average Bonchev–Trinajstić information content (AvgIpc) is 3.45. The lowest BCUT2D eigenvalue weighted by Crippen LogP contribution is -2.48. The summed E-state index contributed by atoms with van der Waals surface area (Å²) in [5.41, 5.74) is 2.54. The average molecular weight is 516 g/mol. The van der Waals surface area contributed by atoms with Gasteiger partial charge in [0.05, 0.1) is 19.6 Å². The summed E-state index contributed by atoms with van der Waals surface area (Å²) in [5, 5.41) is 9.78. The molecule has 7 nitrogen and oxygen atoms in total. The van der Waals surface area contributed by atoms with Crippen LogP contribution in [0.5, 0.6) is 17.2 Å². The van der Waals surface area contributed by atoms with Gasteiger partial charge in [-0.25, -0.2) is 0 Å². The Hall–Kier alpha value is -3.84. The zero-order valence-electron chi connectivity index (χ0n) is 21.5. The SMILES string of the molecule is COc1ccc2c(c1Oc1ccccc1)C[C@H](CC(=O)O)N(C(=O)[C@H](OC1CCCC1)c1ccccc1)C2. The Morgan fingerprint density at radius 1 is 0.974 bits per heavy atom. The standard InChI is InChI=1S/C31H33NO6/c1-36-27-17-16-22-20-32(31(35)29(21-10-4-2-5-11-21)37-24-14-8-9-15-24)23(19-28(33)34)18-26(22)30(27)38-25-12-6-3-7-13-25/h2-7,10-13,16-17,23-24,29H,8-9,14-15,18-20H2,1H3,(H,33,34)/t23-,29-/m1/s1. The first-order chi connectivity index (χ1) is 18.5. The Morgan fingerprint density at radius 2 is 1.66 bits per heavy atom. The van der Waals surface area contributed by atoms with Gasteiger partial charge in [-0.2, -0.15) is 0 Å². The molecule has 1 fully saturated rings. The van der Waals surface area contributed by atoms with E-state index in [1.807, 2.05) is 72.8 Å². The number of nitrogens with zero attached hydrogens (tertiary/aromatic N) is 1. The minimum Gasteiger partial charge on any atom is -0.493 e. The van der Waals surface area contributed by atoms with Crippen LogP contribution in [0.3, 0.4) is 0 Å². The lowest BCUT2D eigenvalue weighted by molar-refractivity contribution is -0.153. The van der Waals surface area contributed by atoms with Crippen molar-refractivity contribution in [2.45, 2.75) is 63.3 Å². The number of ether oxygens (including phenoxy) is 3. The van der Waals surface area contributed by atoms with Crippen molar-refractivity contribution in [1.29, 1.82) is 0 Å². The molecule has 0 spiro atoms. The molecule has 38 heavy (non-hydrogen) atoms. The number of carbonyl (C=O) groups is 2. The largest absolute Gasteiger partial charge is 0.493 e. The van der Waals surface area contributed by atoms with Crippen LogP contribution >= 0.6 is 0 Å². The van der Waals surface area contributed by atoms with Crippen molar-refractivity contribution in [3.05, 3.63) is 89.5 Å². The number of carbonyl (C=O) groups excluding carboxylic acids is 1. The van der Waals surface area contributed by atoms with Crippen LogP contribution in [0.15, 0.2) is 72.8 Å². The molecule has 198 valence electrons. The van der Waals surface area contributed by atoms with E-state index in [4.69, 9.17) is 14.2 Å².